The summed E-state index contributed by atoms with van der Waals surface area (Å²) in [6.07, 6.45) is 6.86. The highest BCUT2D eigenvalue weighted by molar-refractivity contribution is 5.12. The van der Waals surface area contributed by atoms with E-state index < -0.39 is 0 Å². The molecule has 0 amide bonds. The quantitative estimate of drug-likeness (QED) is 0.609. The van der Waals surface area contributed by atoms with Gasteiger partial charge in [0.2, 0.25) is 0 Å². The van der Waals surface area contributed by atoms with Crippen molar-refractivity contribution in [3.8, 4) is 0 Å². The molecule has 0 aliphatic carbocycles. The fourth-order valence-corrected chi connectivity index (χ4v) is 1.79. The SMILES string of the molecule is C[n+]1cccc(C2CCCN2)c1. The van der Waals surface area contributed by atoms with Crippen molar-refractivity contribution in [2.45, 2.75) is 18.9 Å². The van der Waals surface area contributed by atoms with Gasteiger partial charge in [0.1, 0.15) is 7.05 Å². The maximum atomic E-state index is 3.49. The van der Waals surface area contributed by atoms with Crippen molar-refractivity contribution in [3.63, 3.8) is 0 Å². The van der Waals surface area contributed by atoms with E-state index in [4.69, 9.17) is 0 Å². The minimum atomic E-state index is 0.595. The highest BCUT2D eigenvalue weighted by Gasteiger charge is 2.17. The Bertz CT molecular complexity index is 264. The lowest BCUT2D eigenvalue weighted by atomic mass is 10.1. The Morgan fingerprint density at radius 1 is 1.58 bits per heavy atom. The summed E-state index contributed by atoms with van der Waals surface area (Å²) < 4.78 is 2.11. The molecule has 0 saturated carbocycles. The molecule has 12 heavy (non-hydrogen) atoms. The van der Waals surface area contributed by atoms with E-state index in [0.29, 0.717) is 6.04 Å². The van der Waals surface area contributed by atoms with Crippen LogP contribution in [0, 0.1) is 0 Å². The van der Waals surface area contributed by atoms with Gasteiger partial charge in [-0.05, 0) is 25.5 Å². The van der Waals surface area contributed by atoms with Gasteiger partial charge in [0.05, 0.1) is 0 Å². The van der Waals surface area contributed by atoms with E-state index in [1.165, 1.54) is 24.9 Å². The van der Waals surface area contributed by atoms with E-state index in [1.807, 2.05) is 0 Å². The van der Waals surface area contributed by atoms with Gasteiger partial charge in [-0.15, -0.1) is 0 Å². The molecular formula is C10H15N2+. The summed E-state index contributed by atoms with van der Waals surface area (Å²) in [4.78, 5) is 0. The minimum absolute atomic E-state index is 0.595. The molecule has 1 saturated heterocycles. The Hall–Kier alpha value is -0.890. The van der Waals surface area contributed by atoms with Gasteiger partial charge in [-0.3, -0.25) is 0 Å². The highest BCUT2D eigenvalue weighted by atomic mass is 14.9. The maximum Gasteiger partial charge on any atom is 0.173 e. The molecule has 1 N–H and O–H groups in total. The van der Waals surface area contributed by atoms with Crippen LogP contribution in [-0.2, 0) is 7.05 Å². The molecule has 0 bridgehead atoms. The number of aromatic nitrogens is 1. The van der Waals surface area contributed by atoms with Crippen molar-refractivity contribution in [1.82, 2.24) is 5.32 Å². The number of nitrogens with one attached hydrogen (secondary N) is 1. The second-order valence-corrected chi connectivity index (χ2v) is 3.45. The zero-order valence-electron chi connectivity index (χ0n) is 7.46. The van der Waals surface area contributed by atoms with E-state index >= 15 is 0 Å². The zero-order valence-corrected chi connectivity index (χ0v) is 7.46. The first-order valence-corrected chi connectivity index (χ1v) is 4.55. The number of hydrogen-bond donors (Lipinski definition) is 1. The summed E-state index contributed by atoms with van der Waals surface area (Å²) in [5.74, 6) is 0. The van der Waals surface area contributed by atoms with Crippen molar-refractivity contribution in [3.05, 3.63) is 30.1 Å². The Morgan fingerprint density at radius 3 is 3.17 bits per heavy atom. The first-order valence-electron chi connectivity index (χ1n) is 4.55. The Balaban J connectivity index is 2.21. The summed E-state index contributed by atoms with van der Waals surface area (Å²) in [6.45, 7) is 1.17. The van der Waals surface area contributed by atoms with Gasteiger partial charge in [0, 0.05) is 17.7 Å². The molecule has 1 aliphatic heterocycles. The largest absolute Gasteiger partial charge is 0.310 e. The van der Waals surface area contributed by atoms with Crippen LogP contribution in [0.2, 0.25) is 0 Å². The summed E-state index contributed by atoms with van der Waals surface area (Å²) in [6, 6.07) is 4.90. The molecule has 0 aromatic carbocycles. The molecule has 0 spiro atoms. The van der Waals surface area contributed by atoms with Crippen LogP contribution in [0.5, 0.6) is 0 Å². The second-order valence-electron chi connectivity index (χ2n) is 3.45. The van der Waals surface area contributed by atoms with Crippen LogP contribution in [0.25, 0.3) is 0 Å². The van der Waals surface area contributed by atoms with Gasteiger partial charge in [-0.2, -0.15) is 0 Å². The predicted octanol–water partition coefficient (Wildman–Crippen LogP) is 0.936. The summed E-state index contributed by atoms with van der Waals surface area (Å²) in [5, 5.41) is 3.49. The molecular weight excluding hydrogens is 148 g/mol. The van der Waals surface area contributed by atoms with Crippen LogP contribution in [-0.4, -0.2) is 6.54 Å². The fraction of sp³-hybridized carbons (Fsp3) is 0.500. The van der Waals surface area contributed by atoms with Crippen LogP contribution in [0.4, 0.5) is 0 Å². The molecule has 2 nitrogen and oxygen atoms in total. The number of aryl methyl sites for hydroxylation is 1. The molecule has 2 heterocycles. The summed E-state index contributed by atoms with van der Waals surface area (Å²) in [7, 11) is 2.07. The predicted molar refractivity (Wildman–Crippen MR) is 47.6 cm³/mol. The van der Waals surface area contributed by atoms with Gasteiger partial charge < -0.3 is 5.32 Å². The van der Waals surface area contributed by atoms with Gasteiger partial charge >= 0.3 is 0 Å². The molecule has 1 unspecified atom stereocenters. The second kappa shape index (κ2) is 3.23. The van der Waals surface area contributed by atoms with Gasteiger partial charge in [-0.25, -0.2) is 4.57 Å². The van der Waals surface area contributed by atoms with Crippen molar-refractivity contribution in [2.24, 2.45) is 7.05 Å². The average Bonchev–Trinajstić information content (AvgIpc) is 2.56. The van der Waals surface area contributed by atoms with Crippen molar-refractivity contribution < 1.29 is 4.57 Å². The molecule has 2 rings (SSSR count). The van der Waals surface area contributed by atoms with E-state index in [2.05, 4.69) is 41.5 Å². The molecule has 1 aromatic rings. The van der Waals surface area contributed by atoms with Crippen LogP contribution >= 0.6 is 0 Å². The normalized spacial score (nSPS) is 22.9. The van der Waals surface area contributed by atoms with Gasteiger partial charge in [-0.1, -0.05) is 0 Å². The lowest BCUT2D eigenvalue weighted by Gasteiger charge is -2.07. The lowest BCUT2D eigenvalue weighted by Crippen LogP contribution is -2.28. The summed E-state index contributed by atoms with van der Waals surface area (Å²) >= 11 is 0. The highest BCUT2D eigenvalue weighted by Crippen LogP contribution is 2.20. The molecule has 1 aromatic heterocycles. The third-order valence-corrected chi connectivity index (χ3v) is 2.43. The van der Waals surface area contributed by atoms with E-state index in [1.54, 1.807) is 0 Å². The maximum absolute atomic E-state index is 3.49. The fourth-order valence-electron chi connectivity index (χ4n) is 1.79. The van der Waals surface area contributed by atoms with Crippen LogP contribution in [0.15, 0.2) is 24.5 Å². The standard InChI is InChI=1S/C10H15N2/c1-12-7-3-4-9(8-12)10-5-2-6-11-10/h3-4,7-8,10-11H,2,5-6H2,1H3/q+1. The average molecular weight is 163 g/mol. The van der Waals surface area contributed by atoms with Crippen molar-refractivity contribution in [1.29, 1.82) is 0 Å². The number of pyridine rings is 1. The van der Waals surface area contributed by atoms with Crippen LogP contribution in [0.1, 0.15) is 24.4 Å². The Morgan fingerprint density at radius 2 is 2.50 bits per heavy atom. The van der Waals surface area contributed by atoms with Gasteiger partial charge in [0.25, 0.3) is 0 Å². The number of nitrogens with zero attached hydrogens (tertiary/aromatic N) is 1. The van der Waals surface area contributed by atoms with Gasteiger partial charge in [0.15, 0.2) is 12.4 Å². The Labute approximate surface area is 73.2 Å². The number of hydrogen-bond acceptors (Lipinski definition) is 1. The molecule has 1 fully saturated rings. The smallest absolute Gasteiger partial charge is 0.173 e. The zero-order chi connectivity index (χ0) is 8.39. The third kappa shape index (κ3) is 1.48. The van der Waals surface area contributed by atoms with E-state index in [9.17, 15) is 0 Å². The first kappa shape index (κ1) is 7.74. The molecule has 1 aliphatic rings. The molecule has 64 valence electrons. The number of rotatable bonds is 1. The molecule has 2 heteroatoms. The minimum Gasteiger partial charge on any atom is -0.310 e. The third-order valence-electron chi connectivity index (χ3n) is 2.43. The summed E-state index contributed by atoms with van der Waals surface area (Å²) in [5.41, 5.74) is 1.41. The van der Waals surface area contributed by atoms with Crippen molar-refractivity contribution in [2.75, 3.05) is 6.54 Å². The topological polar surface area (TPSA) is 15.9 Å². The first-order chi connectivity index (χ1) is 5.86. The molecule has 0 radical (unpaired) electrons. The van der Waals surface area contributed by atoms with E-state index in [0.717, 1.165) is 0 Å². The Kier molecular flexibility index (Phi) is 2.09. The van der Waals surface area contributed by atoms with Crippen LogP contribution in [0.3, 0.4) is 0 Å². The van der Waals surface area contributed by atoms with E-state index in [-0.39, 0.29) is 0 Å². The molecule has 1 atom stereocenters. The van der Waals surface area contributed by atoms with Crippen molar-refractivity contribution >= 4 is 0 Å². The van der Waals surface area contributed by atoms with Crippen LogP contribution < -0.4 is 9.88 Å². The monoisotopic (exact) mass is 163 g/mol. The lowest BCUT2D eigenvalue weighted by molar-refractivity contribution is -0.672.